The van der Waals surface area contributed by atoms with Crippen LogP contribution in [0.25, 0.3) is 0 Å². The molecule has 0 aliphatic rings. The predicted octanol–water partition coefficient (Wildman–Crippen LogP) is 1.04. The molecule has 0 rings (SSSR count). The zero-order valence-corrected chi connectivity index (χ0v) is 19.7. The summed E-state index contributed by atoms with van der Waals surface area (Å²) in [4.78, 5) is 3.88. The van der Waals surface area contributed by atoms with Gasteiger partial charge >= 0.3 is 0 Å². The summed E-state index contributed by atoms with van der Waals surface area (Å²) >= 11 is 0. The van der Waals surface area contributed by atoms with Gasteiger partial charge in [-0.15, -0.1) is 0 Å². The lowest BCUT2D eigenvalue weighted by molar-refractivity contribution is -0.249. The molecule has 0 aromatic heterocycles. The molecule has 1 N–H and O–H groups in total. The van der Waals surface area contributed by atoms with Crippen molar-refractivity contribution >= 4 is 0 Å². The Labute approximate surface area is 192 Å². The minimum absolute atomic E-state index is 0.157. The lowest BCUT2D eigenvalue weighted by Gasteiger charge is -2.08. The summed E-state index contributed by atoms with van der Waals surface area (Å²) in [5.41, 5.74) is 0. The normalized spacial score (nSPS) is 11.4. The zero-order chi connectivity index (χ0) is 23.2. The van der Waals surface area contributed by atoms with E-state index in [9.17, 15) is 0 Å². The van der Waals surface area contributed by atoms with Gasteiger partial charge in [0.1, 0.15) is 6.61 Å². The Bertz CT molecular complexity index is 294. The van der Waals surface area contributed by atoms with Crippen molar-refractivity contribution in [2.75, 3.05) is 126 Å². The highest BCUT2D eigenvalue weighted by Gasteiger charge is 1.95. The summed E-state index contributed by atoms with van der Waals surface area (Å²) < 4.78 is 48.2. The summed E-state index contributed by atoms with van der Waals surface area (Å²) in [6.07, 6.45) is 1.03. The maximum Gasteiger partial charge on any atom is 0.105 e. The van der Waals surface area contributed by atoms with Crippen molar-refractivity contribution in [3.8, 4) is 0 Å². The van der Waals surface area contributed by atoms with E-state index in [1.54, 1.807) is 0 Å². The molecule has 0 aliphatic heterocycles. The van der Waals surface area contributed by atoms with Crippen LogP contribution >= 0.6 is 0 Å². The first-order chi connectivity index (χ1) is 15.9. The zero-order valence-electron chi connectivity index (χ0n) is 19.7. The molecule has 0 aromatic rings. The Morgan fingerprint density at radius 2 is 0.500 bits per heavy atom. The monoisotopic (exact) mass is 472 g/mol. The molecule has 0 saturated carbocycles. The molecule has 0 unspecified atom stereocenters. The van der Waals surface area contributed by atoms with E-state index in [4.69, 9.17) is 47.9 Å². The molecule has 0 saturated heterocycles. The van der Waals surface area contributed by atoms with Gasteiger partial charge < -0.3 is 42.6 Å². The lowest BCUT2D eigenvalue weighted by atomic mass is 10.5. The maximum atomic E-state index is 8.10. The van der Waals surface area contributed by atoms with E-state index in [2.05, 4.69) is 11.8 Å². The highest BCUT2D eigenvalue weighted by molar-refractivity contribution is 4.38. The molecule has 0 aromatic carbocycles. The van der Waals surface area contributed by atoms with E-state index < -0.39 is 0 Å². The fraction of sp³-hybridized carbons (Fsp3) is 1.00. The molecular weight excluding hydrogens is 428 g/mol. The van der Waals surface area contributed by atoms with Gasteiger partial charge in [-0.1, -0.05) is 6.92 Å². The third-order valence-corrected chi connectivity index (χ3v) is 3.64. The predicted molar refractivity (Wildman–Crippen MR) is 116 cm³/mol. The van der Waals surface area contributed by atoms with Crippen LogP contribution in [-0.4, -0.2) is 131 Å². The molecule has 0 amide bonds. The quantitative estimate of drug-likeness (QED) is 0.0957. The van der Waals surface area contributed by atoms with E-state index in [1.807, 2.05) is 0 Å². The fourth-order valence-electron chi connectivity index (χ4n) is 2.10. The van der Waals surface area contributed by atoms with Gasteiger partial charge in [-0.25, -0.2) is 4.89 Å². The molecule has 0 heterocycles. The largest absolute Gasteiger partial charge is 0.379 e. The molecule has 0 aliphatic carbocycles. The van der Waals surface area contributed by atoms with Crippen molar-refractivity contribution in [2.45, 2.75) is 13.3 Å². The average molecular weight is 473 g/mol. The number of ether oxygens (including phenoxy) is 9. The smallest absolute Gasteiger partial charge is 0.105 e. The van der Waals surface area contributed by atoms with Crippen molar-refractivity contribution in [3.63, 3.8) is 0 Å². The Morgan fingerprint density at radius 1 is 0.312 bits per heavy atom. The van der Waals surface area contributed by atoms with Crippen LogP contribution < -0.4 is 0 Å². The summed E-state index contributed by atoms with van der Waals surface area (Å²) in [5, 5.41) is 8.10. The Hall–Kier alpha value is -0.440. The van der Waals surface area contributed by atoms with Crippen LogP contribution in [0.1, 0.15) is 13.3 Å². The molecule has 194 valence electrons. The molecule has 0 fully saturated rings. The standard InChI is InChI=1S/C21H44O11/c1-2-3-23-4-5-24-6-7-25-8-9-26-10-11-27-12-13-28-14-15-29-16-17-30-18-19-31-20-21-32-22/h22H,2-21H2,1H3. The number of hydrogen-bond donors (Lipinski definition) is 1. The molecule has 0 radical (unpaired) electrons. The van der Waals surface area contributed by atoms with E-state index in [0.717, 1.165) is 13.0 Å². The lowest BCUT2D eigenvalue weighted by Crippen LogP contribution is -2.15. The topological polar surface area (TPSA) is 113 Å². The van der Waals surface area contributed by atoms with Gasteiger partial charge in [-0.05, 0) is 6.42 Å². The van der Waals surface area contributed by atoms with Gasteiger partial charge in [0.25, 0.3) is 0 Å². The maximum absolute atomic E-state index is 8.10. The highest BCUT2D eigenvalue weighted by atomic mass is 17.1. The summed E-state index contributed by atoms with van der Waals surface area (Å²) in [6, 6.07) is 0. The first kappa shape index (κ1) is 31.6. The van der Waals surface area contributed by atoms with Crippen molar-refractivity contribution in [1.82, 2.24) is 0 Å². The van der Waals surface area contributed by atoms with Crippen LogP contribution in [0.15, 0.2) is 0 Å². The molecule has 32 heavy (non-hydrogen) atoms. The number of rotatable bonds is 29. The Kier molecular flexibility index (Phi) is 30.1. The summed E-state index contributed by atoms with van der Waals surface area (Å²) in [7, 11) is 0. The van der Waals surface area contributed by atoms with Crippen LogP contribution in [0.4, 0.5) is 0 Å². The summed E-state index contributed by atoms with van der Waals surface area (Å²) in [6.45, 7) is 11.8. The van der Waals surface area contributed by atoms with Crippen LogP contribution in [0, 0.1) is 0 Å². The second-order valence-corrected chi connectivity index (χ2v) is 6.34. The van der Waals surface area contributed by atoms with Crippen molar-refractivity contribution in [2.24, 2.45) is 0 Å². The van der Waals surface area contributed by atoms with Crippen LogP contribution in [0.5, 0.6) is 0 Å². The molecule has 11 nitrogen and oxygen atoms in total. The summed E-state index contributed by atoms with van der Waals surface area (Å²) in [5.74, 6) is 0. The molecule has 11 heteroatoms. The first-order valence-corrected chi connectivity index (χ1v) is 11.4. The van der Waals surface area contributed by atoms with Gasteiger partial charge in [0.15, 0.2) is 0 Å². The van der Waals surface area contributed by atoms with Gasteiger partial charge in [0.05, 0.1) is 112 Å². The van der Waals surface area contributed by atoms with Crippen molar-refractivity contribution in [1.29, 1.82) is 0 Å². The second-order valence-electron chi connectivity index (χ2n) is 6.34. The second kappa shape index (κ2) is 30.6. The van der Waals surface area contributed by atoms with Gasteiger partial charge in [-0.3, -0.25) is 5.26 Å². The number of hydrogen-bond acceptors (Lipinski definition) is 11. The van der Waals surface area contributed by atoms with E-state index in [1.165, 1.54) is 0 Å². The first-order valence-electron chi connectivity index (χ1n) is 11.4. The average Bonchev–Trinajstić information content (AvgIpc) is 2.81. The fourth-order valence-corrected chi connectivity index (χ4v) is 2.10. The minimum Gasteiger partial charge on any atom is -0.379 e. The Morgan fingerprint density at radius 3 is 0.688 bits per heavy atom. The SMILES string of the molecule is CCCOCCOCCOCCOCCOCCOCCOCCOCCOCCOO. The third kappa shape index (κ3) is 29.6. The van der Waals surface area contributed by atoms with Crippen LogP contribution in [-0.2, 0) is 47.5 Å². The van der Waals surface area contributed by atoms with Crippen molar-refractivity contribution in [3.05, 3.63) is 0 Å². The van der Waals surface area contributed by atoms with Crippen LogP contribution in [0.3, 0.4) is 0 Å². The van der Waals surface area contributed by atoms with Crippen molar-refractivity contribution < 1.29 is 52.8 Å². The van der Waals surface area contributed by atoms with E-state index >= 15 is 0 Å². The van der Waals surface area contributed by atoms with Crippen LogP contribution in [0.2, 0.25) is 0 Å². The van der Waals surface area contributed by atoms with Gasteiger partial charge in [-0.2, -0.15) is 0 Å². The Balaban J connectivity index is 2.98. The molecule has 0 atom stereocenters. The van der Waals surface area contributed by atoms with E-state index in [-0.39, 0.29) is 6.61 Å². The molecular formula is C21H44O11. The highest BCUT2D eigenvalue weighted by Crippen LogP contribution is 1.86. The van der Waals surface area contributed by atoms with E-state index in [0.29, 0.717) is 112 Å². The minimum atomic E-state index is 0.157. The molecule has 0 spiro atoms. The molecule has 0 bridgehead atoms. The van der Waals surface area contributed by atoms with Gasteiger partial charge in [0, 0.05) is 6.61 Å². The van der Waals surface area contributed by atoms with Gasteiger partial charge in [0.2, 0.25) is 0 Å². The third-order valence-electron chi connectivity index (χ3n) is 3.64.